The first kappa shape index (κ1) is 26.2. The smallest absolute Gasteiger partial charge is 0.245 e. The molecule has 2 heterocycles. The summed E-state index contributed by atoms with van der Waals surface area (Å²) < 4.78 is 5.52. The van der Waals surface area contributed by atoms with Gasteiger partial charge in [0, 0.05) is 36.3 Å². The third kappa shape index (κ3) is 6.57. The van der Waals surface area contributed by atoms with E-state index in [1.807, 2.05) is 19.9 Å². The molecule has 1 aliphatic heterocycles. The van der Waals surface area contributed by atoms with E-state index in [0.717, 1.165) is 48.7 Å². The van der Waals surface area contributed by atoms with E-state index < -0.39 is 5.91 Å². The number of primary amides is 1. The maximum Gasteiger partial charge on any atom is 0.245 e. The van der Waals surface area contributed by atoms with Crippen LogP contribution in [0.2, 0.25) is 0 Å². The third-order valence-electron chi connectivity index (χ3n) is 5.86. The van der Waals surface area contributed by atoms with Crippen LogP contribution in [0.5, 0.6) is 0 Å². The van der Waals surface area contributed by atoms with Crippen LogP contribution in [0.25, 0.3) is 11.6 Å². The molecule has 1 aromatic carbocycles. The molecule has 1 aliphatic carbocycles. The molecule has 4 rings (SSSR count). The lowest BCUT2D eigenvalue weighted by Crippen LogP contribution is -2.37. The van der Waals surface area contributed by atoms with Crippen LogP contribution in [0.4, 0.5) is 11.8 Å². The SMILES string of the molecule is CC.CC/C=C(/C=C(\CC)c1ccccc1)Nc1nc2c(c(N3CCOCC3)n1)CC(C(N)=O)=C2. The summed E-state index contributed by atoms with van der Waals surface area (Å²) in [5.74, 6) is 0.939. The van der Waals surface area contributed by atoms with Gasteiger partial charge < -0.3 is 20.7 Å². The molecule has 0 saturated carbocycles. The van der Waals surface area contributed by atoms with Gasteiger partial charge in [-0.2, -0.15) is 4.98 Å². The van der Waals surface area contributed by atoms with Crippen molar-refractivity contribution in [2.75, 3.05) is 36.5 Å². The van der Waals surface area contributed by atoms with E-state index in [1.54, 1.807) is 6.08 Å². The number of fused-ring (bicyclic) bond motifs is 1. The van der Waals surface area contributed by atoms with Crippen molar-refractivity contribution in [3.63, 3.8) is 0 Å². The second-order valence-electron chi connectivity index (χ2n) is 8.13. The van der Waals surface area contributed by atoms with Gasteiger partial charge in [-0.1, -0.05) is 64.1 Å². The monoisotopic (exact) mass is 475 g/mol. The van der Waals surface area contributed by atoms with Gasteiger partial charge in [-0.25, -0.2) is 4.98 Å². The molecule has 186 valence electrons. The highest BCUT2D eigenvalue weighted by atomic mass is 16.5. The normalized spacial score (nSPS) is 15.7. The first-order valence-corrected chi connectivity index (χ1v) is 12.6. The number of rotatable bonds is 8. The minimum absolute atomic E-state index is 0.416. The number of ether oxygens (including phenoxy) is 1. The zero-order valence-corrected chi connectivity index (χ0v) is 21.3. The number of hydrogen-bond acceptors (Lipinski definition) is 6. The molecule has 0 atom stereocenters. The molecule has 2 aromatic rings. The maximum absolute atomic E-state index is 11.8. The number of amides is 1. The fourth-order valence-corrected chi connectivity index (χ4v) is 4.16. The molecular weight excluding hydrogens is 438 g/mol. The summed E-state index contributed by atoms with van der Waals surface area (Å²) in [6.45, 7) is 11.1. The second-order valence-corrected chi connectivity index (χ2v) is 8.13. The lowest BCUT2D eigenvalue weighted by atomic mass is 10.0. The number of nitrogens with one attached hydrogen (secondary N) is 1. The zero-order valence-electron chi connectivity index (χ0n) is 21.3. The summed E-state index contributed by atoms with van der Waals surface area (Å²) in [6, 6.07) is 10.4. The number of nitrogens with two attached hydrogens (primary N) is 1. The quantitative estimate of drug-likeness (QED) is 0.524. The fourth-order valence-electron chi connectivity index (χ4n) is 4.16. The van der Waals surface area contributed by atoms with Crippen LogP contribution in [0.15, 0.2) is 53.8 Å². The Labute approximate surface area is 208 Å². The van der Waals surface area contributed by atoms with Crippen molar-refractivity contribution in [2.24, 2.45) is 5.73 Å². The lowest BCUT2D eigenvalue weighted by molar-refractivity contribution is -0.114. The number of hydrogen-bond donors (Lipinski definition) is 2. The Hall–Kier alpha value is -3.45. The number of carbonyl (C=O) groups is 1. The van der Waals surface area contributed by atoms with Gasteiger partial charge in [0.05, 0.1) is 18.9 Å². The van der Waals surface area contributed by atoms with Crippen LogP contribution in [0.3, 0.4) is 0 Å². The van der Waals surface area contributed by atoms with E-state index in [9.17, 15) is 4.79 Å². The van der Waals surface area contributed by atoms with Crippen LogP contribution in [-0.2, 0) is 16.0 Å². The van der Waals surface area contributed by atoms with Gasteiger partial charge in [0.1, 0.15) is 5.82 Å². The molecule has 0 radical (unpaired) electrons. The average molecular weight is 476 g/mol. The van der Waals surface area contributed by atoms with Crippen molar-refractivity contribution in [1.29, 1.82) is 0 Å². The number of nitrogens with zero attached hydrogens (tertiary/aromatic N) is 3. The highest BCUT2D eigenvalue weighted by molar-refractivity contribution is 5.99. The predicted octanol–water partition coefficient (Wildman–Crippen LogP) is 4.96. The lowest BCUT2D eigenvalue weighted by Gasteiger charge is -2.29. The molecule has 0 bridgehead atoms. The number of morpholine rings is 1. The Balaban J connectivity index is 0.00000167. The third-order valence-corrected chi connectivity index (χ3v) is 5.86. The summed E-state index contributed by atoms with van der Waals surface area (Å²) in [7, 11) is 0. The molecule has 1 amide bonds. The van der Waals surface area contributed by atoms with Crippen LogP contribution in [-0.4, -0.2) is 42.2 Å². The molecule has 35 heavy (non-hydrogen) atoms. The van der Waals surface area contributed by atoms with E-state index >= 15 is 0 Å². The number of anilines is 2. The van der Waals surface area contributed by atoms with Crippen molar-refractivity contribution in [3.05, 3.63) is 70.6 Å². The Morgan fingerprint density at radius 1 is 1.14 bits per heavy atom. The molecule has 1 fully saturated rings. The minimum atomic E-state index is -0.416. The largest absolute Gasteiger partial charge is 0.378 e. The molecule has 2 aliphatic rings. The number of allylic oxidation sites excluding steroid dienone is 3. The summed E-state index contributed by atoms with van der Waals surface area (Å²) in [4.78, 5) is 23.7. The summed E-state index contributed by atoms with van der Waals surface area (Å²) in [5, 5.41) is 3.43. The van der Waals surface area contributed by atoms with Crippen molar-refractivity contribution >= 4 is 29.3 Å². The average Bonchev–Trinajstić information content (AvgIpc) is 3.34. The topological polar surface area (TPSA) is 93.4 Å². The Bertz CT molecular complexity index is 1100. The maximum atomic E-state index is 11.8. The first-order valence-electron chi connectivity index (χ1n) is 12.6. The highest BCUT2D eigenvalue weighted by Crippen LogP contribution is 2.33. The molecule has 1 saturated heterocycles. The number of benzene rings is 1. The van der Waals surface area contributed by atoms with E-state index in [1.165, 1.54) is 11.1 Å². The highest BCUT2D eigenvalue weighted by Gasteiger charge is 2.26. The van der Waals surface area contributed by atoms with Crippen molar-refractivity contribution in [3.8, 4) is 0 Å². The Kier molecular flexibility index (Phi) is 9.61. The Morgan fingerprint density at radius 3 is 2.49 bits per heavy atom. The van der Waals surface area contributed by atoms with Gasteiger partial charge in [-0.05, 0) is 36.1 Å². The van der Waals surface area contributed by atoms with Crippen molar-refractivity contribution in [2.45, 2.75) is 47.0 Å². The van der Waals surface area contributed by atoms with Crippen LogP contribution >= 0.6 is 0 Å². The van der Waals surface area contributed by atoms with Crippen molar-refractivity contribution < 1.29 is 9.53 Å². The Morgan fingerprint density at radius 2 is 1.86 bits per heavy atom. The van der Waals surface area contributed by atoms with E-state index in [2.05, 4.69) is 60.5 Å². The van der Waals surface area contributed by atoms with Gasteiger partial charge in [0.15, 0.2) is 0 Å². The molecule has 1 aromatic heterocycles. The summed E-state index contributed by atoms with van der Waals surface area (Å²) in [5.41, 5.74) is 11.2. The number of carbonyl (C=O) groups excluding carboxylic acids is 1. The second kappa shape index (κ2) is 12.9. The van der Waals surface area contributed by atoms with Gasteiger partial charge in [-0.3, -0.25) is 4.79 Å². The van der Waals surface area contributed by atoms with Crippen LogP contribution in [0.1, 0.15) is 57.4 Å². The molecular formula is C28H37N5O2. The molecule has 3 N–H and O–H groups in total. The fraction of sp³-hybridized carbons (Fsp3) is 0.393. The minimum Gasteiger partial charge on any atom is -0.378 e. The molecule has 0 spiro atoms. The van der Waals surface area contributed by atoms with Gasteiger partial charge in [0.2, 0.25) is 11.9 Å². The zero-order chi connectivity index (χ0) is 25.2. The number of aromatic nitrogens is 2. The van der Waals surface area contributed by atoms with Crippen molar-refractivity contribution in [1.82, 2.24) is 9.97 Å². The van der Waals surface area contributed by atoms with Gasteiger partial charge >= 0.3 is 0 Å². The first-order chi connectivity index (χ1) is 17.1. The van der Waals surface area contributed by atoms with Gasteiger partial charge in [0.25, 0.3) is 0 Å². The van der Waals surface area contributed by atoms with Crippen LogP contribution in [0, 0.1) is 0 Å². The van der Waals surface area contributed by atoms with Gasteiger partial charge in [-0.15, -0.1) is 0 Å². The van der Waals surface area contributed by atoms with Crippen LogP contribution < -0.4 is 16.0 Å². The molecule has 7 nitrogen and oxygen atoms in total. The standard InChI is InChI=1S/C26H31N5O2.C2H6/c1-3-8-21(15-18(4-2)19-9-6-5-7-10-19)28-26-29-23-17-20(24(27)32)16-22(23)25(30-26)31-11-13-33-14-12-31;1-2/h5-10,15,17H,3-4,11-14,16H2,1-2H3,(H2,27,32)(H,28,29,30);1-2H3/b18-15+,21-8-;. The van der Waals surface area contributed by atoms with E-state index in [0.29, 0.717) is 31.2 Å². The summed E-state index contributed by atoms with van der Waals surface area (Å²) in [6.07, 6.45) is 8.32. The van der Waals surface area contributed by atoms with E-state index in [4.69, 9.17) is 20.4 Å². The predicted molar refractivity (Wildman–Crippen MR) is 144 cm³/mol. The summed E-state index contributed by atoms with van der Waals surface area (Å²) >= 11 is 0. The molecule has 0 unspecified atom stereocenters. The van der Waals surface area contributed by atoms with E-state index in [-0.39, 0.29) is 0 Å². The molecule has 7 heteroatoms.